The maximum Gasteiger partial charge on any atom is 0.266 e. The Morgan fingerprint density at radius 3 is 2.76 bits per heavy atom. The second-order valence-electron chi connectivity index (χ2n) is 7.74. The number of amides is 1. The van der Waals surface area contributed by atoms with Crippen molar-refractivity contribution in [1.82, 2.24) is 4.90 Å². The van der Waals surface area contributed by atoms with Crippen LogP contribution in [0.2, 0.25) is 0 Å². The van der Waals surface area contributed by atoms with Crippen LogP contribution in [0.5, 0.6) is 5.75 Å². The Balaban J connectivity index is 1.70. The van der Waals surface area contributed by atoms with E-state index in [-0.39, 0.29) is 11.9 Å². The van der Waals surface area contributed by atoms with Gasteiger partial charge in [-0.2, -0.15) is 0 Å². The van der Waals surface area contributed by atoms with Crippen molar-refractivity contribution < 1.29 is 9.53 Å². The molecule has 2 fully saturated rings. The number of fused-ring (bicyclic) bond motifs is 1. The SMILES string of the molecule is CCCCOc1ccc2ccccc2c1/C=C1/SC(=S)N(C2CCCCC2)C1=O. The number of carbonyl (C=O) groups is 1. The fraction of sp³-hybridized carbons (Fsp3) is 0.417. The summed E-state index contributed by atoms with van der Waals surface area (Å²) in [6.45, 7) is 2.83. The van der Waals surface area contributed by atoms with Crippen LogP contribution < -0.4 is 4.74 Å². The summed E-state index contributed by atoms with van der Waals surface area (Å²) in [6, 6.07) is 12.6. The topological polar surface area (TPSA) is 29.5 Å². The number of hydrogen-bond acceptors (Lipinski definition) is 4. The zero-order valence-electron chi connectivity index (χ0n) is 16.9. The third-order valence-electron chi connectivity index (χ3n) is 5.72. The van der Waals surface area contributed by atoms with Crippen LogP contribution in [-0.4, -0.2) is 27.8 Å². The average Bonchev–Trinajstić information content (AvgIpc) is 3.03. The molecule has 3 nitrogen and oxygen atoms in total. The first-order valence-electron chi connectivity index (χ1n) is 10.6. The lowest BCUT2D eigenvalue weighted by Gasteiger charge is -2.29. The van der Waals surface area contributed by atoms with Crippen molar-refractivity contribution in [1.29, 1.82) is 0 Å². The molecule has 0 N–H and O–H groups in total. The Hall–Kier alpha value is -1.85. The molecule has 2 aromatic carbocycles. The van der Waals surface area contributed by atoms with Crippen LogP contribution >= 0.6 is 24.0 Å². The number of thiocarbonyl (C=S) groups is 1. The molecule has 0 bridgehead atoms. The number of hydrogen-bond donors (Lipinski definition) is 0. The van der Waals surface area contributed by atoms with E-state index < -0.39 is 0 Å². The number of ether oxygens (including phenoxy) is 1. The monoisotopic (exact) mass is 425 g/mol. The molecule has 4 rings (SSSR count). The molecule has 0 atom stereocenters. The van der Waals surface area contributed by atoms with Gasteiger partial charge in [0, 0.05) is 11.6 Å². The molecule has 1 saturated heterocycles. The third kappa shape index (κ3) is 4.36. The van der Waals surface area contributed by atoms with Crippen LogP contribution in [0.15, 0.2) is 41.3 Å². The Bertz CT molecular complexity index is 947. The van der Waals surface area contributed by atoms with Gasteiger partial charge in [0.25, 0.3) is 5.91 Å². The van der Waals surface area contributed by atoms with Crippen molar-refractivity contribution in [2.75, 3.05) is 6.61 Å². The van der Waals surface area contributed by atoms with Crippen LogP contribution in [0.4, 0.5) is 0 Å². The number of benzene rings is 2. The fourth-order valence-electron chi connectivity index (χ4n) is 4.14. The summed E-state index contributed by atoms with van der Waals surface area (Å²) in [6.07, 6.45) is 9.82. The van der Waals surface area contributed by atoms with Crippen LogP contribution in [0.25, 0.3) is 16.8 Å². The van der Waals surface area contributed by atoms with E-state index in [2.05, 4.69) is 25.1 Å². The molecule has 1 amide bonds. The van der Waals surface area contributed by atoms with Gasteiger partial charge in [-0.3, -0.25) is 9.69 Å². The number of rotatable bonds is 6. The molecule has 1 aliphatic heterocycles. The summed E-state index contributed by atoms with van der Waals surface area (Å²) in [5.41, 5.74) is 0.975. The Labute approximate surface area is 182 Å². The van der Waals surface area contributed by atoms with Crippen molar-refractivity contribution in [2.45, 2.75) is 57.9 Å². The van der Waals surface area contributed by atoms with Gasteiger partial charge in [-0.1, -0.05) is 86.9 Å². The molecule has 1 saturated carbocycles. The molecular weight excluding hydrogens is 398 g/mol. The van der Waals surface area contributed by atoms with Crippen molar-refractivity contribution in [3.8, 4) is 5.75 Å². The van der Waals surface area contributed by atoms with Gasteiger partial charge in [0.1, 0.15) is 10.1 Å². The van der Waals surface area contributed by atoms with Crippen molar-refractivity contribution in [3.05, 3.63) is 46.9 Å². The van der Waals surface area contributed by atoms with Crippen LogP contribution in [0, 0.1) is 0 Å². The maximum absolute atomic E-state index is 13.2. The lowest BCUT2D eigenvalue weighted by molar-refractivity contribution is -0.124. The summed E-state index contributed by atoms with van der Waals surface area (Å²) in [7, 11) is 0. The van der Waals surface area contributed by atoms with E-state index in [1.54, 1.807) is 0 Å². The third-order valence-corrected chi connectivity index (χ3v) is 7.06. The molecule has 1 aliphatic carbocycles. The Kier molecular flexibility index (Phi) is 6.56. The first kappa shape index (κ1) is 20.4. The summed E-state index contributed by atoms with van der Waals surface area (Å²) in [4.78, 5) is 15.8. The summed E-state index contributed by atoms with van der Waals surface area (Å²) < 4.78 is 6.79. The molecule has 0 aromatic heterocycles. The molecule has 0 spiro atoms. The minimum atomic E-state index is 0.0549. The van der Waals surface area contributed by atoms with Gasteiger partial charge >= 0.3 is 0 Å². The highest BCUT2D eigenvalue weighted by Crippen LogP contribution is 2.39. The van der Waals surface area contributed by atoms with Crippen molar-refractivity contribution in [3.63, 3.8) is 0 Å². The molecule has 2 aromatic rings. The molecule has 152 valence electrons. The molecular formula is C24H27NO2S2. The first-order chi connectivity index (χ1) is 14.2. The van der Waals surface area contributed by atoms with Crippen LogP contribution in [0.3, 0.4) is 0 Å². The van der Waals surface area contributed by atoms with Gasteiger partial charge in [-0.15, -0.1) is 0 Å². The van der Waals surface area contributed by atoms with Gasteiger partial charge in [-0.25, -0.2) is 0 Å². The molecule has 0 radical (unpaired) electrons. The molecule has 0 unspecified atom stereocenters. The largest absolute Gasteiger partial charge is 0.493 e. The predicted molar refractivity (Wildman–Crippen MR) is 126 cm³/mol. The van der Waals surface area contributed by atoms with E-state index in [1.807, 2.05) is 29.2 Å². The fourth-order valence-corrected chi connectivity index (χ4v) is 5.52. The number of carbonyl (C=O) groups excluding carboxylic acids is 1. The Morgan fingerprint density at radius 1 is 1.17 bits per heavy atom. The van der Waals surface area contributed by atoms with Gasteiger partial charge in [0.15, 0.2) is 0 Å². The van der Waals surface area contributed by atoms with Gasteiger partial charge < -0.3 is 4.74 Å². The summed E-state index contributed by atoms with van der Waals surface area (Å²) in [5.74, 6) is 0.888. The number of thioether (sulfide) groups is 1. The number of unbranched alkanes of at least 4 members (excludes halogenated alkanes) is 1. The van der Waals surface area contributed by atoms with Crippen molar-refractivity contribution >= 4 is 51.1 Å². The quantitative estimate of drug-likeness (QED) is 0.298. The molecule has 2 aliphatic rings. The van der Waals surface area contributed by atoms with Crippen molar-refractivity contribution in [2.24, 2.45) is 0 Å². The smallest absolute Gasteiger partial charge is 0.266 e. The minimum Gasteiger partial charge on any atom is -0.493 e. The average molecular weight is 426 g/mol. The lowest BCUT2D eigenvalue weighted by Crippen LogP contribution is -2.39. The van der Waals surface area contributed by atoms with E-state index in [0.29, 0.717) is 15.8 Å². The lowest BCUT2D eigenvalue weighted by atomic mass is 9.94. The second kappa shape index (κ2) is 9.31. The first-order valence-corrected chi connectivity index (χ1v) is 11.8. The zero-order valence-corrected chi connectivity index (χ0v) is 18.5. The van der Waals surface area contributed by atoms with Gasteiger partial charge in [-0.05, 0) is 42.2 Å². The van der Waals surface area contributed by atoms with E-state index >= 15 is 0 Å². The Morgan fingerprint density at radius 2 is 1.97 bits per heavy atom. The maximum atomic E-state index is 13.2. The standard InChI is InChI=1S/C24H27NO2S2/c1-2-3-15-27-21-14-13-17-9-7-8-12-19(17)20(21)16-22-23(26)25(24(28)29-22)18-10-5-4-6-11-18/h7-9,12-14,16,18H,2-6,10-11,15H2,1H3/b22-16+. The van der Waals surface area contributed by atoms with Gasteiger partial charge in [0.05, 0.1) is 11.5 Å². The summed E-state index contributed by atoms with van der Waals surface area (Å²) >= 11 is 7.03. The second-order valence-corrected chi connectivity index (χ2v) is 9.42. The molecule has 29 heavy (non-hydrogen) atoms. The van der Waals surface area contributed by atoms with E-state index in [4.69, 9.17) is 17.0 Å². The number of nitrogens with zero attached hydrogens (tertiary/aromatic N) is 1. The molecule has 1 heterocycles. The minimum absolute atomic E-state index is 0.0549. The van der Waals surface area contributed by atoms with Gasteiger partial charge in [0.2, 0.25) is 0 Å². The highest BCUT2D eigenvalue weighted by Gasteiger charge is 2.37. The zero-order chi connectivity index (χ0) is 20.2. The van der Waals surface area contributed by atoms with E-state index in [1.165, 1.54) is 31.0 Å². The predicted octanol–water partition coefficient (Wildman–Crippen LogP) is 6.55. The van der Waals surface area contributed by atoms with Crippen LogP contribution in [-0.2, 0) is 4.79 Å². The summed E-state index contributed by atoms with van der Waals surface area (Å²) in [5, 5.41) is 2.24. The highest BCUT2D eigenvalue weighted by molar-refractivity contribution is 8.26. The van der Waals surface area contributed by atoms with E-state index in [0.717, 1.165) is 47.8 Å². The van der Waals surface area contributed by atoms with Crippen LogP contribution in [0.1, 0.15) is 57.4 Å². The normalized spacial score (nSPS) is 19.5. The highest BCUT2D eigenvalue weighted by atomic mass is 32.2. The molecule has 5 heteroatoms. The van der Waals surface area contributed by atoms with E-state index in [9.17, 15) is 4.79 Å².